The maximum absolute atomic E-state index is 13.6. The molecule has 1 aliphatic rings. The molecule has 1 amide bonds. The molecule has 1 fully saturated rings. The standard InChI is InChI=1S/C29H30N2O5/c1-19-7-4-8-20-15-21(28(30-27(19)20)24-16-22(33-2)11-12-25(24)34-3)17-31(18-23-9-5-13-35-23)29(32)26-10-6-14-36-26/h4-5,7-9,11-13,15-16,26H,6,10,14,17-18H2,1-3H3. The van der Waals surface area contributed by atoms with Crippen molar-refractivity contribution in [3.63, 3.8) is 0 Å². The van der Waals surface area contributed by atoms with Crippen molar-refractivity contribution < 1.29 is 23.4 Å². The number of methoxy groups -OCH3 is 2. The number of furan rings is 1. The quantitative estimate of drug-likeness (QED) is 0.326. The van der Waals surface area contributed by atoms with Crippen LogP contribution < -0.4 is 9.47 Å². The van der Waals surface area contributed by atoms with E-state index in [1.807, 2.05) is 55.5 Å². The number of aromatic nitrogens is 1. The summed E-state index contributed by atoms with van der Waals surface area (Å²) >= 11 is 0. The Bertz CT molecular complexity index is 1360. The van der Waals surface area contributed by atoms with E-state index >= 15 is 0 Å². The molecule has 0 radical (unpaired) electrons. The lowest BCUT2D eigenvalue weighted by atomic mass is 10.00. The number of hydrogen-bond acceptors (Lipinski definition) is 6. The number of carbonyl (C=O) groups excluding carboxylic acids is 1. The van der Waals surface area contributed by atoms with Gasteiger partial charge in [0.2, 0.25) is 0 Å². The van der Waals surface area contributed by atoms with E-state index < -0.39 is 6.10 Å². The van der Waals surface area contributed by atoms with Crippen molar-refractivity contribution in [3.8, 4) is 22.8 Å². The fraction of sp³-hybridized carbons (Fsp3) is 0.310. The molecule has 2 aromatic heterocycles. The second-order valence-electron chi connectivity index (χ2n) is 8.98. The van der Waals surface area contributed by atoms with Gasteiger partial charge in [0.05, 0.1) is 38.2 Å². The molecular formula is C29H30N2O5. The van der Waals surface area contributed by atoms with Gasteiger partial charge < -0.3 is 23.5 Å². The number of rotatable bonds is 8. The second kappa shape index (κ2) is 10.4. The van der Waals surface area contributed by atoms with Crippen molar-refractivity contribution in [3.05, 3.63) is 77.7 Å². The molecule has 36 heavy (non-hydrogen) atoms. The molecule has 0 aliphatic carbocycles. The Morgan fingerprint density at radius 3 is 2.69 bits per heavy atom. The van der Waals surface area contributed by atoms with E-state index in [0.717, 1.165) is 46.1 Å². The van der Waals surface area contributed by atoms with Gasteiger partial charge in [0.15, 0.2) is 0 Å². The number of para-hydroxylation sites is 1. The summed E-state index contributed by atoms with van der Waals surface area (Å²) in [7, 11) is 3.28. The van der Waals surface area contributed by atoms with Gasteiger partial charge in [-0.1, -0.05) is 18.2 Å². The first-order valence-corrected chi connectivity index (χ1v) is 12.1. The summed E-state index contributed by atoms with van der Waals surface area (Å²) in [6.07, 6.45) is 2.79. The van der Waals surface area contributed by atoms with Crippen molar-refractivity contribution >= 4 is 16.8 Å². The Hall–Kier alpha value is -3.84. The van der Waals surface area contributed by atoms with Gasteiger partial charge in [-0.05, 0) is 67.3 Å². The Morgan fingerprint density at radius 1 is 1.08 bits per heavy atom. The van der Waals surface area contributed by atoms with E-state index in [0.29, 0.717) is 37.0 Å². The first kappa shape index (κ1) is 23.9. The summed E-state index contributed by atoms with van der Waals surface area (Å²) in [6.45, 7) is 3.33. The van der Waals surface area contributed by atoms with E-state index in [-0.39, 0.29) is 5.91 Å². The SMILES string of the molecule is COc1ccc(OC)c(-c2nc3c(C)cccc3cc2CN(Cc2ccco2)C(=O)C2CCCO2)c1. The Kier molecular flexibility index (Phi) is 6.91. The number of nitrogens with zero attached hydrogens (tertiary/aromatic N) is 2. The van der Waals surface area contributed by atoms with E-state index in [1.165, 1.54) is 0 Å². The van der Waals surface area contributed by atoms with E-state index in [9.17, 15) is 4.79 Å². The fourth-order valence-electron chi connectivity index (χ4n) is 4.73. The van der Waals surface area contributed by atoms with Crippen LogP contribution in [0, 0.1) is 6.92 Å². The molecule has 0 saturated carbocycles. The van der Waals surface area contributed by atoms with Gasteiger partial charge >= 0.3 is 0 Å². The summed E-state index contributed by atoms with van der Waals surface area (Å²) in [5.41, 5.74) is 4.43. The lowest BCUT2D eigenvalue weighted by molar-refractivity contribution is -0.142. The Morgan fingerprint density at radius 2 is 1.97 bits per heavy atom. The minimum Gasteiger partial charge on any atom is -0.497 e. The number of pyridine rings is 1. The van der Waals surface area contributed by atoms with Crippen LogP contribution in [0.1, 0.15) is 29.7 Å². The minimum atomic E-state index is -0.439. The van der Waals surface area contributed by atoms with Crippen molar-refractivity contribution in [1.82, 2.24) is 9.88 Å². The van der Waals surface area contributed by atoms with Crippen LogP contribution in [0.2, 0.25) is 0 Å². The van der Waals surface area contributed by atoms with Crippen LogP contribution in [-0.4, -0.2) is 42.7 Å². The smallest absolute Gasteiger partial charge is 0.252 e. The van der Waals surface area contributed by atoms with Gasteiger partial charge in [-0.3, -0.25) is 4.79 Å². The van der Waals surface area contributed by atoms with Gasteiger partial charge in [0.25, 0.3) is 5.91 Å². The maximum atomic E-state index is 13.6. The molecule has 4 aromatic rings. The van der Waals surface area contributed by atoms with E-state index in [4.69, 9.17) is 23.6 Å². The number of fused-ring (bicyclic) bond motifs is 1. The largest absolute Gasteiger partial charge is 0.497 e. The predicted molar refractivity (Wildman–Crippen MR) is 137 cm³/mol. The summed E-state index contributed by atoms with van der Waals surface area (Å²) < 4.78 is 22.6. The first-order valence-electron chi connectivity index (χ1n) is 12.1. The van der Waals surface area contributed by atoms with Crippen LogP contribution in [0.25, 0.3) is 22.2 Å². The van der Waals surface area contributed by atoms with Gasteiger partial charge in [-0.15, -0.1) is 0 Å². The molecule has 3 heterocycles. The molecule has 7 heteroatoms. The van der Waals surface area contributed by atoms with E-state index in [2.05, 4.69) is 6.07 Å². The molecule has 7 nitrogen and oxygen atoms in total. The van der Waals surface area contributed by atoms with E-state index in [1.54, 1.807) is 25.4 Å². The van der Waals surface area contributed by atoms with Crippen LogP contribution in [0.15, 0.2) is 65.3 Å². The fourth-order valence-corrected chi connectivity index (χ4v) is 4.73. The highest BCUT2D eigenvalue weighted by Crippen LogP contribution is 2.37. The van der Waals surface area contributed by atoms with Crippen molar-refractivity contribution in [2.75, 3.05) is 20.8 Å². The summed E-state index contributed by atoms with van der Waals surface area (Å²) in [6, 6.07) is 17.6. The highest BCUT2D eigenvalue weighted by Gasteiger charge is 2.30. The molecule has 0 spiro atoms. The van der Waals surface area contributed by atoms with Crippen LogP contribution in [0.5, 0.6) is 11.5 Å². The Labute approximate surface area is 210 Å². The maximum Gasteiger partial charge on any atom is 0.252 e. The number of benzene rings is 2. The molecule has 1 saturated heterocycles. The number of aryl methyl sites for hydroxylation is 1. The molecule has 0 N–H and O–H groups in total. The van der Waals surface area contributed by atoms with Gasteiger partial charge in [-0.25, -0.2) is 4.98 Å². The van der Waals surface area contributed by atoms with Gasteiger partial charge in [0.1, 0.15) is 23.4 Å². The number of carbonyl (C=O) groups is 1. The number of hydrogen-bond donors (Lipinski definition) is 0. The zero-order valence-electron chi connectivity index (χ0n) is 20.8. The predicted octanol–water partition coefficient (Wildman–Crippen LogP) is 5.53. The third-order valence-electron chi connectivity index (χ3n) is 6.59. The van der Waals surface area contributed by atoms with Gasteiger partial charge in [-0.2, -0.15) is 0 Å². The molecule has 0 bridgehead atoms. The van der Waals surface area contributed by atoms with Crippen LogP contribution in [0.4, 0.5) is 0 Å². The molecule has 1 unspecified atom stereocenters. The molecule has 1 aliphatic heterocycles. The highest BCUT2D eigenvalue weighted by molar-refractivity contribution is 5.87. The summed E-state index contributed by atoms with van der Waals surface area (Å²) in [5.74, 6) is 2.05. The van der Waals surface area contributed by atoms with Crippen molar-refractivity contribution in [2.45, 2.75) is 39.0 Å². The van der Waals surface area contributed by atoms with Crippen LogP contribution in [0.3, 0.4) is 0 Å². The zero-order chi connectivity index (χ0) is 25.1. The lowest BCUT2D eigenvalue weighted by Crippen LogP contribution is -2.38. The summed E-state index contributed by atoms with van der Waals surface area (Å²) in [4.78, 5) is 20.5. The molecule has 5 rings (SSSR count). The molecule has 186 valence electrons. The third kappa shape index (κ3) is 4.79. The average molecular weight is 487 g/mol. The Balaban J connectivity index is 1.64. The zero-order valence-corrected chi connectivity index (χ0v) is 20.8. The van der Waals surface area contributed by atoms with Crippen molar-refractivity contribution in [1.29, 1.82) is 0 Å². The van der Waals surface area contributed by atoms with Crippen LogP contribution >= 0.6 is 0 Å². The number of ether oxygens (including phenoxy) is 3. The second-order valence-corrected chi connectivity index (χ2v) is 8.98. The molecular weight excluding hydrogens is 456 g/mol. The number of amides is 1. The first-order chi connectivity index (χ1) is 17.6. The monoisotopic (exact) mass is 486 g/mol. The average Bonchev–Trinajstić information content (AvgIpc) is 3.62. The van der Waals surface area contributed by atoms with Crippen molar-refractivity contribution in [2.24, 2.45) is 0 Å². The molecule has 2 aromatic carbocycles. The highest BCUT2D eigenvalue weighted by atomic mass is 16.5. The third-order valence-corrected chi connectivity index (χ3v) is 6.59. The lowest BCUT2D eigenvalue weighted by Gasteiger charge is -2.26. The minimum absolute atomic E-state index is 0.0446. The van der Waals surface area contributed by atoms with Gasteiger partial charge in [0, 0.05) is 24.1 Å². The molecule has 1 atom stereocenters. The van der Waals surface area contributed by atoms with Crippen LogP contribution in [-0.2, 0) is 22.6 Å². The summed E-state index contributed by atoms with van der Waals surface area (Å²) in [5, 5.41) is 1.01. The normalized spacial score (nSPS) is 15.2. The topological polar surface area (TPSA) is 74.0 Å².